The standard InChI is InChI=1S/C23H20N6O5S/c24-14(30)6-13-9-35-23-15(13)21(33)27-20(28-23)22(34)26-7-10-1-2-11-3-4-29(8-12(11)5-10)17-16(25)18(31)19(17)32/h1-2,5,9H,3-4,6-8,25H2,(H2,24,30)(H,26,34)(H,27,28,33). The number of benzene rings is 1. The average Bonchev–Trinajstić information content (AvgIpc) is 3.24. The number of anilines is 2. The zero-order valence-corrected chi connectivity index (χ0v) is 19.2. The van der Waals surface area contributed by atoms with Crippen molar-refractivity contribution in [1.29, 1.82) is 0 Å². The van der Waals surface area contributed by atoms with Crippen molar-refractivity contribution < 1.29 is 9.59 Å². The molecule has 5 rings (SSSR count). The van der Waals surface area contributed by atoms with Crippen LogP contribution in [0, 0.1) is 0 Å². The van der Waals surface area contributed by atoms with Crippen molar-refractivity contribution in [3.8, 4) is 0 Å². The number of hydrogen-bond acceptors (Lipinski definition) is 9. The van der Waals surface area contributed by atoms with Gasteiger partial charge >= 0.3 is 0 Å². The van der Waals surface area contributed by atoms with Crippen molar-refractivity contribution >= 4 is 44.7 Å². The van der Waals surface area contributed by atoms with E-state index in [1.165, 1.54) is 0 Å². The molecule has 6 N–H and O–H groups in total. The van der Waals surface area contributed by atoms with Gasteiger partial charge in [-0.15, -0.1) is 11.3 Å². The molecule has 2 aromatic carbocycles. The number of nitrogens with one attached hydrogen (secondary N) is 2. The second kappa shape index (κ2) is 8.47. The Balaban J connectivity index is 1.30. The number of rotatable bonds is 6. The average molecular weight is 493 g/mol. The van der Waals surface area contributed by atoms with Crippen molar-refractivity contribution in [1.82, 2.24) is 15.3 Å². The Labute approximate surface area is 201 Å². The van der Waals surface area contributed by atoms with Crippen LogP contribution in [0.3, 0.4) is 0 Å². The maximum absolute atomic E-state index is 12.7. The number of amides is 2. The van der Waals surface area contributed by atoms with E-state index in [4.69, 9.17) is 11.5 Å². The van der Waals surface area contributed by atoms with Gasteiger partial charge in [-0.1, -0.05) is 18.2 Å². The Kier molecular flexibility index (Phi) is 5.44. The van der Waals surface area contributed by atoms with Crippen molar-refractivity contribution in [2.75, 3.05) is 17.2 Å². The normalized spacial score (nSPS) is 13.2. The van der Waals surface area contributed by atoms with Crippen LogP contribution in [0.5, 0.6) is 0 Å². The van der Waals surface area contributed by atoms with Crippen LogP contribution in [-0.2, 0) is 30.7 Å². The first-order valence-electron chi connectivity index (χ1n) is 10.7. The Morgan fingerprint density at radius 1 is 1.17 bits per heavy atom. The highest BCUT2D eigenvalue weighted by atomic mass is 32.1. The second-order valence-electron chi connectivity index (χ2n) is 8.38. The van der Waals surface area contributed by atoms with E-state index in [1.54, 1.807) is 10.3 Å². The summed E-state index contributed by atoms with van der Waals surface area (Å²) in [6.45, 7) is 1.21. The third-order valence-electron chi connectivity index (χ3n) is 6.07. The van der Waals surface area contributed by atoms with E-state index in [2.05, 4.69) is 15.3 Å². The highest BCUT2D eigenvalue weighted by molar-refractivity contribution is 7.16. The van der Waals surface area contributed by atoms with E-state index in [-0.39, 0.29) is 35.6 Å². The maximum atomic E-state index is 12.7. The number of aromatic amines is 1. The molecule has 0 fully saturated rings. The molecule has 2 amide bonds. The van der Waals surface area contributed by atoms with Crippen molar-refractivity contribution in [3.63, 3.8) is 0 Å². The second-order valence-corrected chi connectivity index (χ2v) is 9.23. The van der Waals surface area contributed by atoms with Crippen molar-refractivity contribution in [3.05, 3.63) is 82.5 Å². The van der Waals surface area contributed by atoms with E-state index in [9.17, 15) is 24.0 Å². The first kappa shape index (κ1) is 22.5. The molecule has 0 saturated heterocycles. The Bertz CT molecular complexity index is 1640. The predicted molar refractivity (Wildman–Crippen MR) is 131 cm³/mol. The van der Waals surface area contributed by atoms with E-state index in [0.717, 1.165) is 28.0 Å². The number of nitrogens with two attached hydrogens (primary N) is 2. The molecule has 1 aliphatic heterocycles. The number of carbonyl (C=O) groups excluding carboxylic acids is 2. The number of aromatic nitrogens is 2. The van der Waals surface area contributed by atoms with Gasteiger partial charge in [-0.05, 0) is 34.1 Å². The molecule has 0 radical (unpaired) electrons. The predicted octanol–water partition coefficient (Wildman–Crippen LogP) is -0.317. The van der Waals surface area contributed by atoms with E-state index >= 15 is 0 Å². The molecule has 2 aromatic heterocycles. The largest absolute Gasteiger partial charge is 0.394 e. The molecule has 0 bridgehead atoms. The van der Waals surface area contributed by atoms with Crippen LogP contribution in [-0.4, -0.2) is 28.3 Å². The third kappa shape index (κ3) is 3.97. The van der Waals surface area contributed by atoms with Gasteiger partial charge in [0.15, 0.2) is 0 Å². The van der Waals surface area contributed by atoms with E-state index in [0.29, 0.717) is 29.9 Å². The molecule has 178 valence electrons. The van der Waals surface area contributed by atoms with Gasteiger partial charge in [-0.3, -0.25) is 24.0 Å². The molecule has 0 atom stereocenters. The third-order valence-corrected chi connectivity index (χ3v) is 6.99. The first-order valence-corrected chi connectivity index (χ1v) is 11.6. The fraction of sp³-hybridized carbons (Fsp3) is 0.217. The van der Waals surface area contributed by atoms with Crippen LogP contribution in [0.4, 0.5) is 11.4 Å². The quantitative estimate of drug-likeness (QED) is 0.264. The summed E-state index contributed by atoms with van der Waals surface area (Å²) in [6.07, 6.45) is 0.615. The molecular formula is C23H20N6O5S. The van der Waals surface area contributed by atoms with Gasteiger partial charge in [-0.2, -0.15) is 0 Å². The summed E-state index contributed by atoms with van der Waals surface area (Å²) in [7, 11) is 0. The summed E-state index contributed by atoms with van der Waals surface area (Å²) in [5.41, 5.74) is 12.9. The number of fused-ring (bicyclic) bond motifs is 2. The van der Waals surface area contributed by atoms with Gasteiger partial charge in [0.05, 0.1) is 11.8 Å². The molecule has 35 heavy (non-hydrogen) atoms. The minimum Gasteiger partial charge on any atom is -0.394 e. The zero-order chi connectivity index (χ0) is 24.9. The fourth-order valence-electron chi connectivity index (χ4n) is 4.32. The molecule has 11 nitrogen and oxygen atoms in total. The van der Waals surface area contributed by atoms with Gasteiger partial charge in [0.25, 0.3) is 22.3 Å². The smallest absolute Gasteiger partial charge is 0.287 e. The lowest BCUT2D eigenvalue weighted by Crippen LogP contribution is -2.44. The highest BCUT2D eigenvalue weighted by Gasteiger charge is 2.27. The summed E-state index contributed by atoms with van der Waals surface area (Å²) in [5, 5.41) is 4.63. The van der Waals surface area contributed by atoms with Gasteiger partial charge < -0.3 is 26.7 Å². The maximum Gasteiger partial charge on any atom is 0.287 e. The van der Waals surface area contributed by atoms with Gasteiger partial charge in [0.1, 0.15) is 16.2 Å². The van der Waals surface area contributed by atoms with Gasteiger partial charge in [0.2, 0.25) is 11.7 Å². The van der Waals surface area contributed by atoms with Crippen LogP contribution in [0.15, 0.2) is 38.0 Å². The summed E-state index contributed by atoms with van der Waals surface area (Å²) in [6, 6.07) is 5.80. The molecular weight excluding hydrogens is 472 g/mol. The molecule has 12 heteroatoms. The number of primary amides is 1. The summed E-state index contributed by atoms with van der Waals surface area (Å²) in [4.78, 5) is 68.6. The minimum atomic E-state index is -0.640. The number of H-pyrrole nitrogens is 1. The highest BCUT2D eigenvalue weighted by Crippen LogP contribution is 2.26. The number of nitrogens with zero attached hydrogens (tertiary/aromatic N) is 2. The van der Waals surface area contributed by atoms with Gasteiger partial charge in [0, 0.05) is 19.6 Å². The topological polar surface area (TPSA) is 181 Å². The summed E-state index contributed by atoms with van der Waals surface area (Å²) in [5.74, 6) is -1.24. The van der Waals surface area contributed by atoms with Crippen LogP contribution in [0.1, 0.15) is 32.9 Å². The lowest BCUT2D eigenvalue weighted by molar-refractivity contribution is -0.117. The van der Waals surface area contributed by atoms with Gasteiger partial charge in [-0.25, -0.2) is 4.98 Å². The van der Waals surface area contributed by atoms with E-state index < -0.39 is 28.2 Å². The summed E-state index contributed by atoms with van der Waals surface area (Å²) < 4.78 is 0. The molecule has 0 spiro atoms. The van der Waals surface area contributed by atoms with Crippen LogP contribution >= 0.6 is 11.3 Å². The molecule has 0 aliphatic carbocycles. The lowest BCUT2D eigenvalue weighted by Gasteiger charge is -2.32. The zero-order valence-electron chi connectivity index (χ0n) is 18.3. The molecule has 3 heterocycles. The number of nitrogen functional groups attached to an aromatic ring is 1. The number of hydrogen-bond donors (Lipinski definition) is 4. The Morgan fingerprint density at radius 3 is 2.71 bits per heavy atom. The van der Waals surface area contributed by atoms with Crippen molar-refractivity contribution in [2.45, 2.75) is 25.9 Å². The minimum absolute atomic E-state index is 0.00724. The lowest BCUT2D eigenvalue weighted by atomic mass is 9.96. The molecule has 4 aromatic rings. The molecule has 0 unspecified atom stereocenters. The molecule has 0 saturated carbocycles. The van der Waals surface area contributed by atoms with Crippen LogP contribution < -0.4 is 38.1 Å². The molecule has 1 aliphatic rings. The monoisotopic (exact) mass is 492 g/mol. The number of carbonyl (C=O) groups is 2. The summed E-state index contributed by atoms with van der Waals surface area (Å²) >= 11 is 1.16. The first-order chi connectivity index (χ1) is 16.7. The van der Waals surface area contributed by atoms with Crippen molar-refractivity contribution in [2.24, 2.45) is 5.73 Å². The SMILES string of the molecule is NC(=O)Cc1csc2nc(C(=O)NCc3ccc4c(c3)CN(c3c(N)c(=O)c3=O)CC4)[nH]c(=O)c12. The van der Waals surface area contributed by atoms with E-state index in [1.807, 2.05) is 18.2 Å². The van der Waals surface area contributed by atoms with Crippen LogP contribution in [0.2, 0.25) is 0 Å². The Hall–Kier alpha value is -4.32. The fourth-order valence-corrected chi connectivity index (χ4v) is 5.26. The Morgan fingerprint density at radius 2 is 1.97 bits per heavy atom. The van der Waals surface area contributed by atoms with Crippen LogP contribution in [0.25, 0.3) is 10.2 Å². The number of thiophene rings is 1.